The van der Waals surface area contributed by atoms with Gasteiger partial charge >= 0.3 is 0 Å². The molecule has 0 bridgehead atoms. The Morgan fingerprint density at radius 2 is 1.62 bits per heavy atom. The summed E-state index contributed by atoms with van der Waals surface area (Å²) in [7, 11) is 0. The van der Waals surface area contributed by atoms with E-state index >= 15 is 0 Å². The molecule has 136 valence electrons. The van der Waals surface area contributed by atoms with Crippen LogP contribution in [0.1, 0.15) is 15.9 Å². The molecule has 0 unspecified atom stereocenters. The molecule has 1 heterocycles. The first-order valence-electron chi connectivity index (χ1n) is 8.20. The van der Waals surface area contributed by atoms with E-state index in [4.69, 9.17) is 11.6 Å². The summed E-state index contributed by atoms with van der Waals surface area (Å²) in [5.41, 5.74) is 1.22. The number of halogens is 3. The molecule has 1 aliphatic rings. The SMILES string of the molecule is O=C(Cc1ccc(F)cc1)N1CCN(C(=O)c2cc(Br)ccc2Cl)CC1. The van der Waals surface area contributed by atoms with Crippen LogP contribution in [-0.4, -0.2) is 47.8 Å². The maximum absolute atomic E-state index is 12.9. The average molecular weight is 440 g/mol. The van der Waals surface area contributed by atoms with Gasteiger partial charge in [0.25, 0.3) is 5.91 Å². The van der Waals surface area contributed by atoms with Crippen LogP contribution in [0.15, 0.2) is 46.9 Å². The zero-order valence-electron chi connectivity index (χ0n) is 13.9. The lowest BCUT2D eigenvalue weighted by atomic mass is 10.1. The predicted octanol–water partition coefficient (Wildman–Crippen LogP) is 3.77. The number of piperazine rings is 1. The molecule has 1 saturated heterocycles. The quantitative estimate of drug-likeness (QED) is 0.730. The number of nitrogens with zero attached hydrogens (tertiary/aromatic N) is 2. The normalized spacial score (nSPS) is 14.4. The molecule has 0 aliphatic carbocycles. The van der Waals surface area contributed by atoms with Crippen LogP contribution in [-0.2, 0) is 11.2 Å². The van der Waals surface area contributed by atoms with Gasteiger partial charge in [0, 0.05) is 30.7 Å². The van der Waals surface area contributed by atoms with Crippen LogP contribution in [0.2, 0.25) is 5.02 Å². The van der Waals surface area contributed by atoms with Crippen molar-refractivity contribution >= 4 is 39.3 Å². The van der Waals surface area contributed by atoms with Gasteiger partial charge in [0.15, 0.2) is 0 Å². The Hall–Kier alpha value is -1.92. The van der Waals surface area contributed by atoms with Crippen LogP contribution in [0.25, 0.3) is 0 Å². The van der Waals surface area contributed by atoms with Crippen molar-refractivity contribution < 1.29 is 14.0 Å². The van der Waals surface area contributed by atoms with Crippen molar-refractivity contribution in [1.29, 1.82) is 0 Å². The smallest absolute Gasteiger partial charge is 0.255 e. The Morgan fingerprint density at radius 3 is 2.27 bits per heavy atom. The molecule has 7 heteroatoms. The molecular weight excluding hydrogens is 423 g/mol. The van der Waals surface area contributed by atoms with E-state index in [9.17, 15) is 14.0 Å². The van der Waals surface area contributed by atoms with Crippen molar-refractivity contribution in [3.63, 3.8) is 0 Å². The van der Waals surface area contributed by atoms with E-state index in [1.165, 1.54) is 12.1 Å². The van der Waals surface area contributed by atoms with Crippen LogP contribution < -0.4 is 0 Å². The summed E-state index contributed by atoms with van der Waals surface area (Å²) in [5.74, 6) is -0.481. The third-order valence-corrected chi connectivity index (χ3v) is 5.17. The van der Waals surface area contributed by atoms with Crippen molar-refractivity contribution in [1.82, 2.24) is 9.80 Å². The molecule has 0 atom stereocenters. The fourth-order valence-corrected chi connectivity index (χ4v) is 3.44. The summed E-state index contributed by atoms with van der Waals surface area (Å²) in [6.07, 6.45) is 0.228. The monoisotopic (exact) mass is 438 g/mol. The highest BCUT2D eigenvalue weighted by Gasteiger charge is 2.26. The van der Waals surface area contributed by atoms with Gasteiger partial charge in [-0.25, -0.2) is 4.39 Å². The summed E-state index contributed by atoms with van der Waals surface area (Å²) in [6, 6.07) is 11.1. The minimum Gasteiger partial charge on any atom is -0.339 e. The maximum atomic E-state index is 12.9. The van der Waals surface area contributed by atoms with Crippen molar-refractivity contribution in [2.24, 2.45) is 0 Å². The van der Waals surface area contributed by atoms with Gasteiger partial charge in [-0.15, -0.1) is 0 Å². The van der Waals surface area contributed by atoms with Gasteiger partial charge in [-0.3, -0.25) is 9.59 Å². The summed E-state index contributed by atoms with van der Waals surface area (Å²) < 4.78 is 13.7. The molecule has 0 saturated carbocycles. The fourth-order valence-electron chi connectivity index (χ4n) is 2.88. The molecular formula is C19H17BrClFN2O2. The molecule has 1 fully saturated rings. The molecule has 0 radical (unpaired) electrons. The van der Waals surface area contributed by atoms with Crippen molar-refractivity contribution in [3.8, 4) is 0 Å². The van der Waals surface area contributed by atoms with E-state index in [1.807, 2.05) is 0 Å². The highest BCUT2D eigenvalue weighted by atomic mass is 79.9. The number of amides is 2. The van der Waals surface area contributed by atoms with E-state index < -0.39 is 0 Å². The van der Waals surface area contributed by atoms with Crippen LogP contribution in [0, 0.1) is 5.82 Å². The minimum atomic E-state index is -0.320. The number of carbonyl (C=O) groups excluding carboxylic acids is 2. The highest BCUT2D eigenvalue weighted by Crippen LogP contribution is 2.23. The topological polar surface area (TPSA) is 40.6 Å². The van der Waals surface area contributed by atoms with Crippen molar-refractivity contribution in [2.45, 2.75) is 6.42 Å². The van der Waals surface area contributed by atoms with Crippen molar-refractivity contribution in [2.75, 3.05) is 26.2 Å². The van der Waals surface area contributed by atoms with E-state index in [2.05, 4.69) is 15.9 Å². The summed E-state index contributed by atoms with van der Waals surface area (Å²) in [5, 5.41) is 0.410. The standard InChI is InChI=1S/C19H17BrClFN2O2/c20-14-3-6-17(21)16(12-14)19(26)24-9-7-23(8-10-24)18(25)11-13-1-4-15(22)5-2-13/h1-6,12H,7-11H2. The lowest BCUT2D eigenvalue weighted by Gasteiger charge is -2.35. The Balaban J connectivity index is 1.58. The van der Waals surface area contributed by atoms with Gasteiger partial charge in [-0.2, -0.15) is 0 Å². The minimum absolute atomic E-state index is 0.0239. The molecule has 4 nitrogen and oxygen atoms in total. The second kappa shape index (κ2) is 8.18. The highest BCUT2D eigenvalue weighted by molar-refractivity contribution is 9.10. The first kappa shape index (κ1) is 18.9. The van der Waals surface area contributed by atoms with Crippen LogP contribution in [0.4, 0.5) is 4.39 Å². The summed E-state index contributed by atoms with van der Waals surface area (Å²) >= 11 is 9.48. The molecule has 1 aliphatic heterocycles. The molecule has 26 heavy (non-hydrogen) atoms. The van der Waals surface area contributed by atoms with E-state index in [1.54, 1.807) is 40.1 Å². The van der Waals surface area contributed by atoms with Gasteiger partial charge in [-0.05, 0) is 35.9 Å². The molecule has 0 N–H and O–H groups in total. The second-order valence-electron chi connectivity index (χ2n) is 6.10. The zero-order valence-corrected chi connectivity index (χ0v) is 16.3. The molecule has 0 aromatic heterocycles. The van der Waals surface area contributed by atoms with Crippen LogP contribution in [0.3, 0.4) is 0 Å². The first-order valence-corrected chi connectivity index (χ1v) is 9.37. The van der Waals surface area contributed by atoms with Gasteiger partial charge < -0.3 is 9.80 Å². The van der Waals surface area contributed by atoms with Gasteiger partial charge in [0.2, 0.25) is 5.91 Å². The lowest BCUT2D eigenvalue weighted by molar-refractivity contribution is -0.131. The van der Waals surface area contributed by atoms with Gasteiger partial charge in [-0.1, -0.05) is 39.7 Å². The maximum Gasteiger partial charge on any atom is 0.255 e. The van der Waals surface area contributed by atoms with Gasteiger partial charge in [0.1, 0.15) is 5.82 Å². The second-order valence-corrected chi connectivity index (χ2v) is 7.42. The number of carbonyl (C=O) groups is 2. The molecule has 3 rings (SSSR count). The predicted molar refractivity (Wildman–Crippen MR) is 102 cm³/mol. The lowest BCUT2D eigenvalue weighted by Crippen LogP contribution is -2.51. The average Bonchev–Trinajstić information content (AvgIpc) is 2.65. The third kappa shape index (κ3) is 4.43. The Labute approximate surface area is 164 Å². The molecule has 2 aromatic carbocycles. The Kier molecular flexibility index (Phi) is 5.94. The van der Waals surface area contributed by atoms with E-state index in [0.717, 1.165) is 10.0 Å². The number of hydrogen-bond acceptors (Lipinski definition) is 2. The Bertz CT molecular complexity index is 821. The number of rotatable bonds is 3. The first-order chi connectivity index (χ1) is 12.4. The third-order valence-electron chi connectivity index (χ3n) is 4.35. The largest absolute Gasteiger partial charge is 0.339 e. The molecule has 2 aromatic rings. The van der Waals surface area contributed by atoms with Crippen LogP contribution in [0.5, 0.6) is 0 Å². The fraction of sp³-hybridized carbons (Fsp3) is 0.263. The number of benzene rings is 2. The molecule has 0 spiro atoms. The van der Waals surface area contributed by atoms with E-state index in [-0.39, 0.29) is 24.1 Å². The van der Waals surface area contributed by atoms with E-state index in [0.29, 0.717) is 36.8 Å². The van der Waals surface area contributed by atoms with Crippen molar-refractivity contribution in [3.05, 3.63) is 68.9 Å². The Morgan fingerprint density at radius 1 is 1.00 bits per heavy atom. The zero-order chi connectivity index (χ0) is 18.7. The van der Waals surface area contributed by atoms with Gasteiger partial charge in [0.05, 0.1) is 17.0 Å². The summed E-state index contributed by atoms with van der Waals surface area (Å²) in [4.78, 5) is 28.5. The summed E-state index contributed by atoms with van der Waals surface area (Å²) in [6.45, 7) is 1.85. The number of hydrogen-bond donors (Lipinski definition) is 0. The molecule has 2 amide bonds. The van der Waals surface area contributed by atoms with Crippen LogP contribution >= 0.6 is 27.5 Å².